The Labute approximate surface area is 157 Å². The van der Waals surface area contributed by atoms with Crippen LogP contribution in [0.3, 0.4) is 0 Å². The Morgan fingerprint density at radius 1 is 0.926 bits per heavy atom. The van der Waals surface area contributed by atoms with Gasteiger partial charge in [0.15, 0.2) is 5.78 Å². The maximum Gasteiger partial charge on any atom is 0.259 e. The molecule has 1 heterocycles. The Morgan fingerprint density at radius 2 is 1.59 bits per heavy atom. The van der Waals surface area contributed by atoms with Crippen molar-refractivity contribution in [3.63, 3.8) is 0 Å². The Bertz CT molecular complexity index is 1050. The molecule has 27 heavy (non-hydrogen) atoms. The average molecular weight is 357 g/mol. The van der Waals surface area contributed by atoms with E-state index >= 15 is 0 Å². The van der Waals surface area contributed by atoms with E-state index in [0.29, 0.717) is 16.8 Å². The third-order valence-electron chi connectivity index (χ3n) is 4.94. The number of rotatable bonds is 3. The number of anilines is 1. The zero-order valence-electron chi connectivity index (χ0n) is 15.1. The molecule has 0 spiro atoms. The molecule has 0 unspecified atom stereocenters. The highest BCUT2D eigenvalue weighted by molar-refractivity contribution is 6.19. The molecule has 3 aromatic carbocycles. The first kappa shape index (κ1) is 17.0. The highest BCUT2D eigenvalue weighted by Gasteiger charge is 2.42. The van der Waals surface area contributed by atoms with Crippen LogP contribution in [0.1, 0.15) is 43.4 Å². The highest BCUT2D eigenvalue weighted by Crippen LogP contribution is 2.40. The van der Waals surface area contributed by atoms with Crippen molar-refractivity contribution in [3.8, 4) is 5.75 Å². The van der Waals surface area contributed by atoms with Crippen molar-refractivity contribution in [2.75, 3.05) is 4.90 Å². The summed E-state index contributed by atoms with van der Waals surface area (Å²) in [4.78, 5) is 28.0. The molecular weight excluding hydrogens is 338 g/mol. The molecule has 4 heteroatoms. The van der Waals surface area contributed by atoms with E-state index in [-0.39, 0.29) is 23.0 Å². The van der Waals surface area contributed by atoms with Crippen LogP contribution in [-0.2, 0) is 0 Å². The number of phenolic OH excluding ortho intramolecular Hbond substituents is 1. The first-order chi connectivity index (χ1) is 13.0. The first-order valence-corrected chi connectivity index (χ1v) is 8.80. The number of nitrogens with zero attached hydrogens (tertiary/aromatic N) is 1. The van der Waals surface area contributed by atoms with Gasteiger partial charge in [-0.25, -0.2) is 0 Å². The van der Waals surface area contributed by atoms with Crippen LogP contribution in [-0.4, -0.2) is 16.8 Å². The lowest BCUT2D eigenvalue weighted by atomic mass is 9.95. The SMILES string of the molecule is Cc1ccc(N2C(=O)c3ccccc3[C@H]2C(=O)c2ccc(C)cc2O)cc1. The Kier molecular flexibility index (Phi) is 4.04. The Balaban J connectivity index is 1.87. The molecule has 134 valence electrons. The van der Waals surface area contributed by atoms with Gasteiger partial charge in [-0.15, -0.1) is 0 Å². The summed E-state index contributed by atoms with van der Waals surface area (Å²) < 4.78 is 0. The molecule has 1 amide bonds. The van der Waals surface area contributed by atoms with Crippen LogP contribution in [0.15, 0.2) is 66.7 Å². The van der Waals surface area contributed by atoms with Crippen LogP contribution in [0.5, 0.6) is 5.75 Å². The summed E-state index contributed by atoms with van der Waals surface area (Å²) in [5.74, 6) is -0.577. The van der Waals surface area contributed by atoms with Gasteiger partial charge in [-0.2, -0.15) is 0 Å². The van der Waals surface area contributed by atoms with Crippen molar-refractivity contribution < 1.29 is 14.7 Å². The van der Waals surface area contributed by atoms with Crippen LogP contribution < -0.4 is 4.90 Å². The van der Waals surface area contributed by atoms with E-state index in [1.54, 1.807) is 36.4 Å². The first-order valence-electron chi connectivity index (χ1n) is 8.80. The smallest absolute Gasteiger partial charge is 0.259 e. The van der Waals surface area contributed by atoms with Crippen molar-refractivity contribution in [2.24, 2.45) is 0 Å². The monoisotopic (exact) mass is 357 g/mol. The molecule has 4 nitrogen and oxygen atoms in total. The van der Waals surface area contributed by atoms with Crippen LogP contribution in [0.2, 0.25) is 0 Å². The van der Waals surface area contributed by atoms with Gasteiger partial charge in [-0.1, -0.05) is 42.0 Å². The van der Waals surface area contributed by atoms with E-state index in [4.69, 9.17) is 0 Å². The second-order valence-electron chi connectivity index (χ2n) is 6.89. The fourth-order valence-corrected chi connectivity index (χ4v) is 3.54. The second kappa shape index (κ2) is 6.40. The number of hydrogen-bond donors (Lipinski definition) is 1. The Morgan fingerprint density at radius 3 is 2.30 bits per heavy atom. The van der Waals surface area contributed by atoms with Crippen LogP contribution in [0, 0.1) is 13.8 Å². The number of fused-ring (bicyclic) bond motifs is 1. The molecule has 4 rings (SSSR count). The molecule has 0 fully saturated rings. The minimum Gasteiger partial charge on any atom is -0.507 e. The summed E-state index contributed by atoms with van der Waals surface area (Å²) >= 11 is 0. The standard InChI is InChI=1S/C23H19NO3/c1-14-7-10-16(11-8-14)24-21(17-5-3-4-6-18(17)23(24)27)22(26)19-12-9-15(2)13-20(19)25/h3-13,21,25H,1-2H3/t21-/m0/s1. The molecule has 1 aliphatic rings. The third-order valence-corrected chi connectivity index (χ3v) is 4.94. The number of benzene rings is 3. The number of aromatic hydroxyl groups is 1. The fourth-order valence-electron chi connectivity index (χ4n) is 3.54. The molecule has 0 saturated carbocycles. The maximum atomic E-state index is 13.4. The maximum absolute atomic E-state index is 13.4. The molecule has 0 saturated heterocycles. The van der Waals surface area contributed by atoms with Gasteiger partial charge in [0, 0.05) is 11.3 Å². The minimum absolute atomic E-state index is 0.0688. The van der Waals surface area contributed by atoms with Crippen molar-refractivity contribution in [3.05, 3.63) is 94.5 Å². The van der Waals surface area contributed by atoms with Gasteiger partial charge in [0.25, 0.3) is 5.91 Å². The Hall–Kier alpha value is -3.40. The van der Waals surface area contributed by atoms with E-state index in [1.165, 1.54) is 4.90 Å². The molecule has 0 aromatic heterocycles. The van der Waals surface area contributed by atoms with Gasteiger partial charge < -0.3 is 5.11 Å². The van der Waals surface area contributed by atoms with Gasteiger partial charge in [0.2, 0.25) is 0 Å². The van der Waals surface area contributed by atoms with E-state index in [1.807, 2.05) is 44.2 Å². The van der Waals surface area contributed by atoms with Crippen molar-refractivity contribution in [1.82, 2.24) is 0 Å². The molecule has 0 radical (unpaired) electrons. The predicted octanol–water partition coefficient (Wildman–Crippen LogP) is 4.59. The summed E-state index contributed by atoms with van der Waals surface area (Å²) in [6, 6.07) is 18.8. The van der Waals surface area contributed by atoms with Gasteiger partial charge in [-0.3, -0.25) is 14.5 Å². The number of hydrogen-bond acceptors (Lipinski definition) is 3. The molecule has 0 bridgehead atoms. The number of carbonyl (C=O) groups excluding carboxylic acids is 2. The van der Waals surface area contributed by atoms with Gasteiger partial charge >= 0.3 is 0 Å². The summed E-state index contributed by atoms with van der Waals surface area (Å²) in [7, 11) is 0. The lowest BCUT2D eigenvalue weighted by Gasteiger charge is -2.25. The lowest BCUT2D eigenvalue weighted by Crippen LogP contribution is -2.32. The van der Waals surface area contributed by atoms with Crippen molar-refractivity contribution >= 4 is 17.4 Å². The van der Waals surface area contributed by atoms with Gasteiger partial charge in [0.05, 0.1) is 5.56 Å². The summed E-state index contributed by atoms with van der Waals surface area (Å²) in [5, 5.41) is 10.3. The molecule has 3 aromatic rings. The number of ketones is 1. The van der Waals surface area contributed by atoms with Crippen molar-refractivity contribution in [1.29, 1.82) is 0 Å². The number of Topliss-reactive ketones (excluding diaryl/α,β-unsaturated/α-hetero) is 1. The van der Waals surface area contributed by atoms with E-state index in [2.05, 4.69) is 0 Å². The second-order valence-corrected chi connectivity index (χ2v) is 6.89. The average Bonchev–Trinajstić information content (AvgIpc) is 2.95. The highest BCUT2D eigenvalue weighted by atomic mass is 16.3. The lowest BCUT2D eigenvalue weighted by molar-refractivity contribution is 0.0914. The van der Waals surface area contributed by atoms with Gasteiger partial charge in [-0.05, 0) is 55.3 Å². The minimum atomic E-state index is -0.801. The van der Waals surface area contributed by atoms with Crippen LogP contribution in [0.25, 0.3) is 0 Å². The molecular formula is C23H19NO3. The fraction of sp³-hybridized carbons (Fsp3) is 0.130. The third kappa shape index (κ3) is 2.79. The summed E-state index contributed by atoms with van der Waals surface area (Å²) in [6.45, 7) is 3.82. The number of carbonyl (C=O) groups is 2. The molecule has 0 aliphatic carbocycles. The zero-order valence-corrected chi connectivity index (χ0v) is 15.1. The largest absolute Gasteiger partial charge is 0.507 e. The summed E-state index contributed by atoms with van der Waals surface area (Å²) in [5.41, 5.74) is 3.99. The zero-order chi connectivity index (χ0) is 19.1. The van der Waals surface area contributed by atoms with E-state index < -0.39 is 6.04 Å². The normalized spacial score (nSPS) is 15.7. The number of phenols is 1. The van der Waals surface area contributed by atoms with E-state index in [9.17, 15) is 14.7 Å². The molecule has 1 aliphatic heterocycles. The van der Waals surface area contributed by atoms with Gasteiger partial charge in [0.1, 0.15) is 11.8 Å². The summed E-state index contributed by atoms with van der Waals surface area (Å²) in [6.07, 6.45) is 0. The number of aryl methyl sites for hydroxylation is 2. The quantitative estimate of drug-likeness (QED) is 0.697. The topological polar surface area (TPSA) is 57.6 Å². The van der Waals surface area contributed by atoms with Crippen LogP contribution >= 0.6 is 0 Å². The van der Waals surface area contributed by atoms with Crippen LogP contribution in [0.4, 0.5) is 5.69 Å². The number of amides is 1. The molecule has 1 atom stereocenters. The predicted molar refractivity (Wildman–Crippen MR) is 104 cm³/mol. The van der Waals surface area contributed by atoms with Crippen molar-refractivity contribution in [2.45, 2.75) is 19.9 Å². The van der Waals surface area contributed by atoms with E-state index in [0.717, 1.165) is 11.1 Å². The molecule has 1 N–H and O–H groups in total.